The molecule has 1 fully saturated rings. The highest BCUT2D eigenvalue weighted by Gasteiger charge is 2.36. The van der Waals surface area contributed by atoms with Gasteiger partial charge in [-0.1, -0.05) is 23.7 Å². The standard InChI is InChI=1S/C21H23ClN2O3/c1-12-5-6-13(2)18(7-12)24-11-15(9-20(24)25)21(26)23-17-8-14(3)16(22)10-19(17)27-4/h5-8,10,15H,9,11H2,1-4H3,(H,23,26). The summed E-state index contributed by atoms with van der Waals surface area (Å²) in [7, 11) is 1.53. The Morgan fingerprint density at radius 3 is 2.63 bits per heavy atom. The first kappa shape index (κ1) is 19.2. The number of nitrogens with one attached hydrogen (secondary N) is 1. The number of ether oxygens (including phenoxy) is 1. The first-order chi connectivity index (χ1) is 12.8. The molecule has 1 atom stereocenters. The summed E-state index contributed by atoms with van der Waals surface area (Å²) in [5, 5.41) is 3.46. The van der Waals surface area contributed by atoms with E-state index in [4.69, 9.17) is 16.3 Å². The van der Waals surface area contributed by atoms with E-state index in [-0.39, 0.29) is 18.2 Å². The lowest BCUT2D eigenvalue weighted by atomic mass is 10.1. The fourth-order valence-corrected chi connectivity index (χ4v) is 3.44. The lowest BCUT2D eigenvalue weighted by Gasteiger charge is -2.20. The van der Waals surface area contributed by atoms with Gasteiger partial charge in [0.25, 0.3) is 0 Å². The SMILES string of the molecule is COc1cc(Cl)c(C)cc1NC(=O)C1CC(=O)N(c2cc(C)ccc2C)C1. The van der Waals surface area contributed by atoms with Crippen LogP contribution in [0, 0.1) is 26.7 Å². The molecule has 142 valence electrons. The summed E-state index contributed by atoms with van der Waals surface area (Å²) in [5.41, 5.74) is 4.37. The third-order valence-electron chi connectivity index (χ3n) is 4.89. The van der Waals surface area contributed by atoms with Gasteiger partial charge in [0.1, 0.15) is 5.75 Å². The molecule has 1 aliphatic heterocycles. The number of rotatable bonds is 4. The number of halogens is 1. The van der Waals surface area contributed by atoms with Gasteiger partial charge < -0.3 is 15.0 Å². The predicted octanol–water partition coefficient (Wildman–Crippen LogP) is 4.27. The van der Waals surface area contributed by atoms with Crippen LogP contribution in [0.15, 0.2) is 30.3 Å². The summed E-state index contributed by atoms with van der Waals surface area (Å²) >= 11 is 6.12. The Balaban J connectivity index is 1.79. The van der Waals surface area contributed by atoms with Crippen LogP contribution in [-0.4, -0.2) is 25.5 Å². The molecule has 1 heterocycles. The van der Waals surface area contributed by atoms with Crippen LogP contribution in [0.1, 0.15) is 23.1 Å². The highest BCUT2D eigenvalue weighted by Crippen LogP contribution is 2.33. The molecule has 6 heteroatoms. The van der Waals surface area contributed by atoms with E-state index in [0.29, 0.717) is 23.0 Å². The van der Waals surface area contributed by atoms with E-state index in [1.54, 1.807) is 17.0 Å². The maximum Gasteiger partial charge on any atom is 0.229 e. The Morgan fingerprint density at radius 2 is 1.93 bits per heavy atom. The second-order valence-corrected chi connectivity index (χ2v) is 7.39. The Morgan fingerprint density at radius 1 is 1.19 bits per heavy atom. The molecular formula is C21H23ClN2O3. The monoisotopic (exact) mass is 386 g/mol. The fraction of sp³-hybridized carbons (Fsp3) is 0.333. The molecule has 2 amide bonds. The number of aryl methyl sites for hydroxylation is 3. The minimum atomic E-state index is -0.418. The van der Waals surface area contributed by atoms with E-state index in [1.807, 2.05) is 39.0 Å². The van der Waals surface area contributed by atoms with Crippen LogP contribution in [-0.2, 0) is 9.59 Å². The summed E-state index contributed by atoms with van der Waals surface area (Å²) in [6.07, 6.45) is 0.189. The largest absolute Gasteiger partial charge is 0.495 e. The minimum Gasteiger partial charge on any atom is -0.495 e. The second kappa shape index (κ2) is 7.61. The van der Waals surface area contributed by atoms with Gasteiger partial charge in [0.05, 0.1) is 18.7 Å². The molecule has 2 aromatic rings. The lowest BCUT2D eigenvalue weighted by Crippen LogP contribution is -2.28. The van der Waals surface area contributed by atoms with Gasteiger partial charge in [0.2, 0.25) is 11.8 Å². The van der Waals surface area contributed by atoms with Crippen LogP contribution >= 0.6 is 11.6 Å². The zero-order valence-corrected chi connectivity index (χ0v) is 16.7. The molecule has 27 heavy (non-hydrogen) atoms. The molecule has 1 N–H and O–H groups in total. The summed E-state index contributed by atoms with van der Waals surface area (Å²) in [4.78, 5) is 27.0. The van der Waals surface area contributed by atoms with Crippen molar-refractivity contribution < 1.29 is 14.3 Å². The van der Waals surface area contributed by atoms with Gasteiger partial charge in [-0.25, -0.2) is 0 Å². The van der Waals surface area contributed by atoms with Crippen molar-refractivity contribution in [1.29, 1.82) is 0 Å². The Bertz CT molecular complexity index is 911. The van der Waals surface area contributed by atoms with Crippen LogP contribution in [0.3, 0.4) is 0 Å². The Hall–Kier alpha value is -2.53. The zero-order chi connectivity index (χ0) is 19.7. The molecule has 5 nitrogen and oxygen atoms in total. The summed E-state index contributed by atoms with van der Waals surface area (Å²) in [6.45, 7) is 6.18. The second-order valence-electron chi connectivity index (χ2n) is 6.99. The van der Waals surface area contributed by atoms with E-state index in [0.717, 1.165) is 22.4 Å². The van der Waals surface area contributed by atoms with Gasteiger partial charge in [-0.15, -0.1) is 0 Å². The minimum absolute atomic E-state index is 0.0388. The molecule has 0 spiro atoms. The maximum absolute atomic E-state index is 12.8. The number of hydrogen-bond donors (Lipinski definition) is 1. The number of amides is 2. The van der Waals surface area contributed by atoms with Crippen LogP contribution < -0.4 is 15.0 Å². The first-order valence-electron chi connectivity index (χ1n) is 8.82. The van der Waals surface area contributed by atoms with Crippen molar-refractivity contribution in [2.45, 2.75) is 27.2 Å². The highest BCUT2D eigenvalue weighted by atomic mass is 35.5. The van der Waals surface area contributed by atoms with Gasteiger partial charge in [0.15, 0.2) is 0 Å². The van der Waals surface area contributed by atoms with Crippen LogP contribution in [0.4, 0.5) is 11.4 Å². The van der Waals surface area contributed by atoms with Crippen LogP contribution in [0.25, 0.3) is 0 Å². The molecule has 0 bridgehead atoms. The van der Waals surface area contributed by atoms with Crippen molar-refractivity contribution in [2.75, 3.05) is 23.9 Å². The molecule has 0 saturated carbocycles. The third kappa shape index (κ3) is 3.93. The number of carbonyl (C=O) groups excluding carboxylic acids is 2. The third-order valence-corrected chi connectivity index (χ3v) is 5.30. The van der Waals surface area contributed by atoms with Crippen molar-refractivity contribution in [2.24, 2.45) is 5.92 Å². The molecule has 0 radical (unpaired) electrons. The van der Waals surface area contributed by atoms with Crippen molar-refractivity contribution in [3.63, 3.8) is 0 Å². The molecular weight excluding hydrogens is 364 g/mol. The van der Waals surface area contributed by atoms with Gasteiger partial charge >= 0.3 is 0 Å². The Labute approximate surface area is 164 Å². The zero-order valence-electron chi connectivity index (χ0n) is 15.9. The molecule has 1 aliphatic rings. The van der Waals surface area contributed by atoms with Crippen LogP contribution in [0.2, 0.25) is 5.02 Å². The molecule has 1 saturated heterocycles. The van der Waals surface area contributed by atoms with E-state index < -0.39 is 5.92 Å². The summed E-state index contributed by atoms with van der Waals surface area (Å²) in [6, 6.07) is 9.44. The average molecular weight is 387 g/mol. The molecule has 2 aromatic carbocycles. The van der Waals surface area contributed by atoms with E-state index in [9.17, 15) is 9.59 Å². The molecule has 3 rings (SSSR count). The van der Waals surface area contributed by atoms with Crippen molar-refractivity contribution in [3.8, 4) is 5.75 Å². The Kier molecular flexibility index (Phi) is 5.42. The number of anilines is 2. The number of hydrogen-bond acceptors (Lipinski definition) is 3. The summed E-state index contributed by atoms with van der Waals surface area (Å²) < 4.78 is 5.31. The van der Waals surface area contributed by atoms with Gasteiger partial charge in [-0.3, -0.25) is 9.59 Å². The predicted molar refractivity (Wildman–Crippen MR) is 108 cm³/mol. The molecule has 1 unspecified atom stereocenters. The lowest BCUT2D eigenvalue weighted by molar-refractivity contribution is -0.122. The average Bonchev–Trinajstić information content (AvgIpc) is 3.01. The topological polar surface area (TPSA) is 58.6 Å². The number of benzene rings is 2. The number of nitrogens with zero attached hydrogens (tertiary/aromatic N) is 1. The number of carbonyl (C=O) groups is 2. The van der Waals surface area contributed by atoms with Crippen molar-refractivity contribution in [3.05, 3.63) is 52.0 Å². The van der Waals surface area contributed by atoms with Crippen molar-refractivity contribution >= 4 is 34.8 Å². The van der Waals surface area contributed by atoms with Crippen molar-refractivity contribution in [1.82, 2.24) is 0 Å². The maximum atomic E-state index is 12.8. The number of methoxy groups -OCH3 is 1. The smallest absolute Gasteiger partial charge is 0.229 e. The highest BCUT2D eigenvalue weighted by molar-refractivity contribution is 6.31. The van der Waals surface area contributed by atoms with Gasteiger partial charge in [-0.2, -0.15) is 0 Å². The van der Waals surface area contributed by atoms with Gasteiger partial charge in [-0.05, 0) is 49.6 Å². The van der Waals surface area contributed by atoms with E-state index >= 15 is 0 Å². The molecule has 0 aromatic heterocycles. The molecule has 0 aliphatic carbocycles. The normalized spacial score (nSPS) is 16.6. The summed E-state index contributed by atoms with van der Waals surface area (Å²) in [5.74, 6) is -0.160. The first-order valence-corrected chi connectivity index (χ1v) is 9.20. The quantitative estimate of drug-likeness (QED) is 0.853. The van der Waals surface area contributed by atoms with Gasteiger partial charge in [0, 0.05) is 29.7 Å². The van der Waals surface area contributed by atoms with E-state index in [1.165, 1.54) is 7.11 Å². The fourth-order valence-electron chi connectivity index (χ4n) is 3.29. The van der Waals surface area contributed by atoms with E-state index in [2.05, 4.69) is 5.32 Å². The van der Waals surface area contributed by atoms with Crippen LogP contribution in [0.5, 0.6) is 5.75 Å².